The molecule has 0 N–H and O–H groups in total. The van der Waals surface area contributed by atoms with Crippen molar-refractivity contribution in [1.29, 1.82) is 0 Å². The smallest absolute Gasteiger partial charge is 0.159 e. The average molecular weight is 760 g/mol. The van der Waals surface area contributed by atoms with Gasteiger partial charge >= 0.3 is 0 Å². The van der Waals surface area contributed by atoms with E-state index >= 15 is 0 Å². The van der Waals surface area contributed by atoms with Crippen LogP contribution in [0.4, 0.5) is 17.1 Å². The number of hydrogen-bond acceptors (Lipinski definition) is 4. The van der Waals surface area contributed by atoms with E-state index in [1.54, 1.807) is 0 Å². The van der Waals surface area contributed by atoms with Crippen LogP contribution in [0.5, 0.6) is 0 Å². The lowest BCUT2D eigenvalue weighted by Gasteiger charge is -2.26. The van der Waals surface area contributed by atoms with Gasteiger partial charge in [-0.15, -0.1) is 11.3 Å². The Labute approximate surface area is 338 Å². The average Bonchev–Trinajstić information content (AvgIpc) is 3.98. The van der Waals surface area contributed by atoms with Gasteiger partial charge in [0.25, 0.3) is 0 Å². The van der Waals surface area contributed by atoms with Crippen molar-refractivity contribution < 1.29 is 8.83 Å². The molecule has 0 aliphatic heterocycles. The van der Waals surface area contributed by atoms with Gasteiger partial charge in [-0.05, 0) is 94.5 Å². The minimum atomic E-state index is 0.860. The van der Waals surface area contributed by atoms with Gasteiger partial charge in [0.05, 0.1) is 5.69 Å². The Bertz CT molecular complexity index is 3500. The maximum absolute atomic E-state index is 6.62. The second-order valence-corrected chi connectivity index (χ2v) is 15.9. The summed E-state index contributed by atoms with van der Waals surface area (Å²) >= 11 is 1.85. The molecule has 0 unspecified atom stereocenters. The normalized spacial score (nSPS) is 11.8. The van der Waals surface area contributed by atoms with Gasteiger partial charge in [0, 0.05) is 58.7 Å². The summed E-state index contributed by atoms with van der Waals surface area (Å²) in [6, 6.07) is 71.4. The molecule has 4 heteroatoms. The summed E-state index contributed by atoms with van der Waals surface area (Å²) in [5, 5.41) is 7.05. The fourth-order valence-electron chi connectivity index (χ4n) is 8.67. The van der Waals surface area contributed by atoms with E-state index in [9.17, 15) is 0 Å². The van der Waals surface area contributed by atoms with Crippen LogP contribution in [0.1, 0.15) is 0 Å². The summed E-state index contributed by atoms with van der Waals surface area (Å²) in [5.74, 6) is 0. The highest BCUT2D eigenvalue weighted by Crippen LogP contribution is 2.44. The topological polar surface area (TPSA) is 29.5 Å². The van der Waals surface area contributed by atoms with Gasteiger partial charge in [-0.1, -0.05) is 133 Å². The lowest BCUT2D eigenvalue weighted by Crippen LogP contribution is -2.10. The first-order chi connectivity index (χ1) is 28.7. The molecule has 0 bridgehead atoms. The van der Waals surface area contributed by atoms with Crippen LogP contribution >= 0.6 is 11.3 Å². The van der Waals surface area contributed by atoms with E-state index in [2.05, 4.69) is 187 Å². The minimum Gasteiger partial charge on any atom is -0.455 e. The third kappa shape index (κ3) is 5.27. The highest BCUT2D eigenvalue weighted by atomic mass is 32.1. The van der Waals surface area contributed by atoms with Crippen molar-refractivity contribution in [3.8, 4) is 33.4 Å². The van der Waals surface area contributed by atoms with Gasteiger partial charge < -0.3 is 13.7 Å². The predicted octanol–water partition coefficient (Wildman–Crippen LogP) is 16.3. The molecule has 3 nitrogen and oxygen atoms in total. The second kappa shape index (κ2) is 13.1. The molecule has 3 heterocycles. The van der Waals surface area contributed by atoms with E-state index in [1.807, 2.05) is 29.5 Å². The maximum Gasteiger partial charge on any atom is 0.159 e. The van der Waals surface area contributed by atoms with E-state index in [0.717, 1.165) is 83.2 Å². The number of para-hydroxylation sites is 3. The molecule has 0 fully saturated rings. The number of hydrogen-bond donors (Lipinski definition) is 0. The van der Waals surface area contributed by atoms with Crippen molar-refractivity contribution >= 4 is 92.4 Å². The molecule has 0 radical (unpaired) electrons. The molecule has 0 aliphatic carbocycles. The second-order valence-electron chi connectivity index (χ2n) is 14.9. The van der Waals surface area contributed by atoms with Crippen molar-refractivity contribution in [2.75, 3.05) is 4.90 Å². The molecule has 0 aliphatic rings. The molecule has 0 saturated heterocycles. The van der Waals surface area contributed by atoms with Gasteiger partial charge in [-0.25, -0.2) is 0 Å². The van der Waals surface area contributed by atoms with E-state index in [-0.39, 0.29) is 0 Å². The number of benzene rings is 9. The first kappa shape index (κ1) is 32.8. The predicted molar refractivity (Wildman–Crippen MR) is 245 cm³/mol. The SMILES string of the molecule is c1ccc(-c2cccc3c2oc2ccc(-c4ccc(N(c5ccc(-c6ccc7sc8ccccc8c7c6)cc5)c5cccc6c5oc5ccccc56)cc4)cc23)cc1. The van der Waals surface area contributed by atoms with Gasteiger partial charge in [0.15, 0.2) is 5.58 Å². The minimum absolute atomic E-state index is 0.860. The zero-order valence-electron chi connectivity index (χ0n) is 31.2. The van der Waals surface area contributed by atoms with E-state index < -0.39 is 0 Å². The summed E-state index contributed by atoms with van der Waals surface area (Å²) in [6.45, 7) is 0. The monoisotopic (exact) mass is 759 g/mol. The Balaban J connectivity index is 0.953. The van der Waals surface area contributed by atoms with Crippen LogP contribution in [-0.2, 0) is 0 Å². The van der Waals surface area contributed by atoms with E-state index in [1.165, 1.54) is 31.3 Å². The Kier molecular flexibility index (Phi) is 7.40. The highest BCUT2D eigenvalue weighted by Gasteiger charge is 2.20. The Hall–Kier alpha value is -7.40. The Morgan fingerprint density at radius 1 is 0.328 bits per heavy atom. The molecule has 272 valence electrons. The largest absolute Gasteiger partial charge is 0.455 e. The van der Waals surface area contributed by atoms with Gasteiger partial charge in [-0.2, -0.15) is 0 Å². The molecule has 0 atom stereocenters. The summed E-state index contributed by atoms with van der Waals surface area (Å²) in [6.07, 6.45) is 0. The van der Waals surface area contributed by atoms with Crippen LogP contribution in [0.25, 0.3) is 97.4 Å². The van der Waals surface area contributed by atoms with Crippen molar-refractivity contribution in [3.63, 3.8) is 0 Å². The van der Waals surface area contributed by atoms with Gasteiger partial charge in [0.2, 0.25) is 0 Å². The molecule has 12 aromatic rings. The standard InChI is InChI=1S/C54H33NO2S/c1-2-10-36(11-3-1)41-14-8-15-45-46-32-37(24-30-50(46)56-53(41)45)34-20-26-39(27-21-34)55(48-17-9-16-44-42-12-4-6-18-49(42)57-54(44)48)40-28-22-35(23-29-40)38-25-31-52-47(33-38)43-13-5-7-19-51(43)58-52/h1-33H. The fourth-order valence-corrected chi connectivity index (χ4v) is 9.76. The molecule has 12 rings (SSSR count). The third-order valence-corrected chi connectivity index (χ3v) is 12.7. The molecule has 0 saturated carbocycles. The molecule has 9 aromatic carbocycles. The molecule has 0 amide bonds. The zero-order chi connectivity index (χ0) is 38.2. The molecular formula is C54H33NO2S. The first-order valence-electron chi connectivity index (χ1n) is 19.6. The first-order valence-corrected chi connectivity index (χ1v) is 20.4. The lowest BCUT2D eigenvalue weighted by molar-refractivity contribution is 0.669. The number of furan rings is 2. The van der Waals surface area contributed by atoms with E-state index in [0.29, 0.717) is 0 Å². The van der Waals surface area contributed by atoms with Crippen molar-refractivity contribution in [1.82, 2.24) is 0 Å². The van der Waals surface area contributed by atoms with Crippen molar-refractivity contribution in [2.45, 2.75) is 0 Å². The third-order valence-electron chi connectivity index (χ3n) is 11.5. The van der Waals surface area contributed by atoms with Crippen LogP contribution in [0.3, 0.4) is 0 Å². The summed E-state index contributed by atoms with van der Waals surface area (Å²) in [4.78, 5) is 2.31. The highest BCUT2D eigenvalue weighted by molar-refractivity contribution is 7.25. The Morgan fingerprint density at radius 3 is 1.66 bits per heavy atom. The van der Waals surface area contributed by atoms with Gasteiger partial charge in [-0.3, -0.25) is 0 Å². The van der Waals surface area contributed by atoms with Crippen molar-refractivity contribution in [3.05, 3.63) is 200 Å². The summed E-state index contributed by atoms with van der Waals surface area (Å²) < 4.78 is 15.7. The zero-order valence-corrected chi connectivity index (χ0v) is 32.0. The van der Waals surface area contributed by atoms with E-state index in [4.69, 9.17) is 8.83 Å². The van der Waals surface area contributed by atoms with Gasteiger partial charge in [0.1, 0.15) is 16.7 Å². The van der Waals surface area contributed by atoms with Crippen LogP contribution in [0, 0.1) is 0 Å². The number of rotatable bonds is 6. The van der Waals surface area contributed by atoms with Crippen LogP contribution in [0.15, 0.2) is 209 Å². The van der Waals surface area contributed by atoms with Crippen LogP contribution in [0.2, 0.25) is 0 Å². The molecular weight excluding hydrogens is 727 g/mol. The fraction of sp³-hybridized carbons (Fsp3) is 0. The number of thiophene rings is 1. The lowest BCUT2D eigenvalue weighted by atomic mass is 10.00. The van der Waals surface area contributed by atoms with Crippen LogP contribution < -0.4 is 4.90 Å². The maximum atomic E-state index is 6.62. The number of anilines is 3. The summed E-state index contributed by atoms with van der Waals surface area (Å²) in [7, 11) is 0. The molecule has 58 heavy (non-hydrogen) atoms. The summed E-state index contributed by atoms with van der Waals surface area (Å²) in [5.41, 5.74) is 13.5. The van der Waals surface area contributed by atoms with Crippen LogP contribution in [-0.4, -0.2) is 0 Å². The molecule has 0 spiro atoms. The quantitative estimate of drug-likeness (QED) is 0.169. The molecule has 3 aromatic heterocycles. The number of nitrogens with zero attached hydrogens (tertiary/aromatic N) is 1. The van der Waals surface area contributed by atoms with Crippen molar-refractivity contribution in [2.24, 2.45) is 0 Å². The number of fused-ring (bicyclic) bond motifs is 9. The Morgan fingerprint density at radius 2 is 0.879 bits per heavy atom.